The molecule has 0 bridgehead atoms. The van der Waals surface area contributed by atoms with E-state index in [0.717, 1.165) is 10.6 Å². The largest absolute Gasteiger partial charge is 0.481 e. The first-order valence-corrected chi connectivity index (χ1v) is 8.04. The normalized spacial score (nSPS) is 11.8. The molecule has 0 aliphatic heterocycles. The van der Waals surface area contributed by atoms with Crippen molar-refractivity contribution in [3.05, 3.63) is 64.6 Å². The fourth-order valence-electron chi connectivity index (χ4n) is 2.24. The monoisotopic (exact) mass is 342 g/mol. The maximum atomic E-state index is 12.4. The summed E-state index contributed by atoms with van der Waals surface area (Å²) in [4.78, 5) is 24.2. The van der Waals surface area contributed by atoms with E-state index < -0.39 is 12.0 Å². The highest BCUT2D eigenvalue weighted by atomic mass is 32.1. The van der Waals surface area contributed by atoms with Gasteiger partial charge in [0, 0.05) is 10.4 Å². The smallest absolute Gasteiger partial charge is 0.305 e. The topological polar surface area (TPSA) is 97.1 Å². The summed E-state index contributed by atoms with van der Waals surface area (Å²) in [5.41, 5.74) is 1.23. The lowest BCUT2D eigenvalue weighted by Gasteiger charge is -2.15. The Balaban J connectivity index is 1.74. The van der Waals surface area contributed by atoms with E-state index in [-0.39, 0.29) is 12.3 Å². The number of thiophene rings is 1. The van der Waals surface area contributed by atoms with Crippen molar-refractivity contribution < 1.29 is 14.7 Å². The van der Waals surface area contributed by atoms with Crippen molar-refractivity contribution in [1.82, 2.24) is 20.3 Å². The van der Waals surface area contributed by atoms with Gasteiger partial charge in [-0.1, -0.05) is 11.3 Å². The van der Waals surface area contributed by atoms with Crippen molar-refractivity contribution in [2.75, 3.05) is 0 Å². The van der Waals surface area contributed by atoms with Gasteiger partial charge in [0.15, 0.2) is 0 Å². The molecule has 0 fully saturated rings. The predicted molar refractivity (Wildman–Crippen MR) is 88.1 cm³/mol. The summed E-state index contributed by atoms with van der Waals surface area (Å²) in [5.74, 6) is -1.28. The minimum atomic E-state index is -0.963. The van der Waals surface area contributed by atoms with Crippen LogP contribution in [0, 0.1) is 0 Å². The van der Waals surface area contributed by atoms with E-state index in [2.05, 4.69) is 15.6 Å². The number of benzene rings is 1. The molecule has 3 rings (SSSR count). The fraction of sp³-hybridized carbons (Fsp3) is 0.125. The molecule has 1 unspecified atom stereocenters. The SMILES string of the molecule is O=C(O)CC(NC(=O)c1ccc(-n2ccnn2)cc1)c1cccs1. The number of nitrogens with one attached hydrogen (secondary N) is 1. The number of amides is 1. The molecule has 0 saturated carbocycles. The van der Waals surface area contributed by atoms with E-state index >= 15 is 0 Å². The number of carbonyl (C=O) groups is 2. The number of hydrogen-bond acceptors (Lipinski definition) is 5. The molecule has 0 spiro atoms. The van der Waals surface area contributed by atoms with Gasteiger partial charge in [0.2, 0.25) is 0 Å². The van der Waals surface area contributed by atoms with Crippen LogP contribution in [0.5, 0.6) is 0 Å². The van der Waals surface area contributed by atoms with Gasteiger partial charge in [-0.05, 0) is 35.7 Å². The molecule has 0 saturated heterocycles. The number of hydrogen-bond donors (Lipinski definition) is 2. The van der Waals surface area contributed by atoms with Gasteiger partial charge in [-0.25, -0.2) is 4.68 Å². The molecule has 3 aromatic rings. The summed E-state index contributed by atoms with van der Waals surface area (Å²) in [7, 11) is 0. The summed E-state index contributed by atoms with van der Waals surface area (Å²) in [6.45, 7) is 0. The quantitative estimate of drug-likeness (QED) is 0.716. The van der Waals surface area contributed by atoms with Crippen LogP contribution in [0.3, 0.4) is 0 Å². The van der Waals surface area contributed by atoms with Crippen molar-refractivity contribution in [3.8, 4) is 5.69 Å². The summed E-state index contributed by atoms with van der Waals surface area (Å²) < 4.78 is 1.58. The van der Waals surface area contributed by atoms with Crippen molar-refractivity contribution in [1.29, 1.82) is 0 Å². The Bertz CT molecular complexity index is 814. The van der Waals surface area contributed by atoms with Crippen LogP contribution < -0.4 is 5.32 Å². The molecule has 8 heteroatoms. The van der Waals surface area contributed by atoms with Crippen LogP contribution in [0.25, 0.3) is 5.69 Å². The zero-order valence-corrected chi connectivity index (χ0v) is 13.3. The van der Waals surface area contributed by atoms with Crippen LogP contribution in [0.2, 0.25) is 0 Å². The fourth-order valence-corrected chi connectivity index (χ4v) is 3.02. The highest BCUT2D eigenvalue weighted by Gasteiger charge is 2.19. The molecule has 0 aliphatic rings. The first-order chi connectivity index (χ1) is 11.6. The molecule has 24 heavy (non-hydrogen) atoms. The molecular formula is C16H14N4O3S. The van der Waals surface area contributed by atoms with Gasteiger partial charge < -0.3 is 10.4 Å². The zero-order valence-electron chi connectivity index (χ0n) is 12.5. The van der Waals surface area contributed by atoms with Gasteiger partial charge in [-0.15, -0.1) is 16.4 Å². The van der Waals surface area contributed by atoms with Gasteiger partial charge in [0.05, 0.1) is 30.5 Å². The Morgan fingerprint density at radius 1 is 1.25 bits per heavy atom. The van der Waals surface area contributed by atoms with Crippen molar-refractivity contribution in [3.63, 3.8) is 0 Å². The highest BCUT2D eigenvalue weighted by molar-refractivity contribution is 7.10. The summed E-state index contributed by atoms with van der Waals surface area (Å²) >= 11 is 1.41. The van der Waals surface area contributed by atoms with Crippen LogP contribution in [0.15, 0.2) is 54.2 Å². The highest BCUT2D eigenvalue weighted by Crippen LogP contribution is 2.22. The molecule has 122 valence electrons. The summed E-state index contributed by atoms with van der Waals surface area (Å²) in [6, 6.07) is 9.92. The van der Waals surface area contributed by atoms with Crippen LogP contribution >= 0.6 is 11.3 Å². The van der Waals surface area contributed by atoms with E-state index in [9.17, 15) is 9.59 Å². The number of carbonyl (C=O) groups excluding carboxylic acids is 1. The summed E-state index contributed by atoms with van der Waals surface area (Å²) in [5, 5.41) is 21.3. The number of carboxylic acid groups (broad SMARTS) is 1. The molecule has 1 atom stereocenters. The molecule has 2 heterocycles. The van der Waals surface area contributed by atoms with Gasteiger partial charge >= 0.3 is 5.97 Å². The van der Waals surface area contributed by atoms with Gasteiger partial charge in [-0.3, -0.25) is 9.59 Å². The lowest BCUT2D eigenvalue weighted by Crippen LogP contribution is -2.29. The molecule has 1 amide bonds. The average molecular weight is 342 g/mol. The van der Waals surface area contributed by atoms with Crippen molar-refractivity contribution in [2.24, 2.45) is 0 Å². The minimum absolute atomic E-state index is 0.163. The Hall–Kier alpha value is -3.00. The maximum Gasteiger partial charge on any atom is 0.305 e. The molecule has 7 nitrogen and oxygen atoms in total. The number of aliphatic carboxylic acids is 1. The molecule has 2 N–H and O–H groups in total. The minimum Gasteiger partial charge on any atom is -0.481 e. The zero-order chi connectivity index (χ0) is 16.9. The predicted octanol–water partition coefficient (Wildman–Crippen LogP) is 2.27. The van der Waals surface area contributed by atoms with E-state index in [1.807, 2.05) is 17.5 Å². The number of carboxylic acids is 1. The van der Waals surface area contributed by atoms with Gasteiger partial charge in [-0.2, -0.15) is 0 Å². The van der Waals surface area contributed by atoms with E-state index in [1.165, 1.54) is 11.3 Å². The van der Waals surface area contributed by atoms with Crippen LogP contribution in [-0.2, 0) is 4.79 Å². The third-order valence-corrected chi connectivity index (χ3v) is 4.37. The summed E-state index contributed by atoms with van der Waals surface area (Å²) in [6.07, 6.45) is 3.11. The lowest BCUT2D eigenvalue weighted by atomic mass is 10.1. The third kappa shape index (κ3) is 3.66. The molecule has 2 aromatic heterocycles. The Kier molecular flexibility index (Phi) is 4.66. The first-order valence-electron chi connectivity index (χ1n) is 7.16. The van der Waals surface area contributed by atoms with Gasteiger partial charge in [0.25, 0.3) is 5.91 Å². The van der Waals surface area contributed by atoms with E-state index in [0.29, 0.717) is 5.56 Å². The van der Waals surface area contributed by atoms with Crippen LogP contribution in [-0.4, -0.2) is 32.0 Å². The first kappa shape index (κ1) is 15.9. The van der Waals surface area contributed by atoms with Crippen LogP contribution in [0.1, 0.15) is 27.7 Å². The third-order valence-electron chi connectivity index (χ3n) is 3.39. The standard InChI is InChI=1S/C16H14N4O3S/c21-15(22)10-13(14-2-1-9-24-14)18-16(23)11-3-5-12(6-4-11)20-8-7-17-19-20/h1-9,13H,10H2,(H,18,23)(H,21,22). The molecular weight excluding hydrogens is 328 g/mol. The Morgan fingerprint density at radius 3 is 2.62 bits per heavy atom. The number of aromatic nitrogens is 3. The maximum absolute atomic E-state index is 12.4. The second-order valence-corrected chi connectivity index (χ2v) is 6.01. The van der Waals surface area contributed by atoms with E-state index in [1.54, 1.807) is 41.3 Å². The average Bonchev–Trinajstić information content (AvgIpc) is 3.27. The number of rotatable bonds is 6. The Morgan fingerprint density at radius 2 is 2.04 bits per heavy atom. The van der Waals surface area contributed by atoms with E-state index in [4.69, 9.17) is 5.11 Å². The van der Waals surface area contributed by atoms with Crippen molar-refractivity contribution >= 4 is 23.2 Å². The molecule has 0 radical (unpaired) electrons. The van der Waals surface area contributed by atoms with Gasteiger partial charge in [0.1, 0.15) is 0 Å². The second kappa shape index (κ2) is 7.05. The van der Waals surface area contributed by atoms with Crippen LogP contribution in [0.4, 0.5) is 0 Å². The lowest BCUT2D eigenvalue weighted by molar-refractivity contribution is -0.137. The molecule has 1 aromatic carbocycles. The number of nitrogens with zero attached hydrogens (tertiary/aromatic N) is 3. The molecule has 0 aliphatic carbocycles. The van der Waals surface area contributed by atoms with Crippen molar-refractivity contribution in [2.45, 2.75) is 12.5 Å². The Labute approximate surface area is 141 Å². The second-order valence-electron chi connectivity index (χ2n) is 5.03.